The first-order chi connectivity index (χ1) is 53.3. The van der Waals surface area contributed by atoms with E-state index in [2.05, 4.69) is 384 Å². The van der Waals surface area contributed by atoms with Crippen molar-refractivity contribution in [2.75, 3.05) is 10.2 Å². The quantitative estimate of drug-likeness (QED) is 0.104. The van der Waals surface area contributed by atoms with Gasteiger partial charge < -0.3 is 19.1 Å². The molecule has 0 spiro atoms. The number of nitrogens with zero attached hydrogens (tertiary/aromatic N) is 1. The minimum atomic E-state index is 0. The number of rotatable bonds is 11. The number of benzene rings is 18. The molecule has 8 heteroatoms. The molecule has 517 valence electrons. The average Bonchev–Trinajstić information content (AvgIpc) is 1.74. The van der Waals surface area contributed by atoms with E-state index in [4.69, 9.17) is 20.4 Å². The van der Waals surface area contributed by atoms with Crippen molar-refractivity contribution in [1.82, 2.24) is 0 Å². The van der Waals surface area contributed by atoms with Gasteiger partial charge in [0.15, 0.2) is 0 Å². The van der Waals surface area contributed by atoms with E-state index in [9.17, 15) is 0 Å². The average molecular weight is 1420 g/mol. The Morgan fingerprint density at radius 2 is 0.550 bits per heavy atom. The molecule has 0 fully saturated rings. The van der Waals surface area contributed by atoms with Crippen LogP contribution in [0.4, 0.5) is 28.4 Å². The third-order valence-electron chi connectivity index (χ3n) is 20.1. The van der Waals surface area contributed by atoms with Gasteiger partial charge in [-0.15, -0.1) is 0 Å². The summed E-state index contributed by atoms with van der Waals surface area (Å²) < 4.78 is 12.6. The van der Waals surface area contributed by atoms with Gasteiger partial charge in [0.1, 0.15) is 22.3 Å². The molecule has 2 heterocycles. The molecule has 0 aliphatic heterocycles. The molecule has 2 aromatic heterocycles. The smallest absolute Gasteiger partial charge is 0.143 e. The SMILES string of the molecule is C.Clc1ccc(-c2ccc3c(ccc4ccccc43)c2)cc1.[B][B][B].[HH].[HH].c1ccc(-c2ccc(N(c3ccc(-c4ccc5c(ccc6ccccc65)c4)cc3)c3ccc(-c4cccc5c4oc4ccccc45)cc3)cc2)cc1.c1ccc(-c2ccc(Nc3ccc(-c4cccc5c4oc4ccccc45)cc3)cc2)cc1. The Labute approximate surface area is 646 Å². The van der Waals surface area contributed by atoms with Gasteiger partial charge in [-0.3, -0.25) is 0 Å². The molecule has 109 heavy (non-hydrogen) atoms. The van der Waals surface area contributed by atoms with Crippen molar-refractivity contribution in [1.29, 1.82) is 0 Å². The highest BCUT2D eigenvalue weighted by molar-refractivity contribution is 7.17. The summed E-state index contributed by atoms with van der Waals surface area (Å²) in [6.45, 7) is 0. The molecule has 0 aliphatic rings. The third-order valence-corrected chi connectivity index (χ3v) is 20.3. The Balaban J connectivity index is 0.000000148. The largest absolute Gasteiger partial charge is 0.455 e. The first-order valence-corrected chi connectivity index (χ1v) is 36.6. The fourth-order valence-electron chi connectivity index (χ4n) is 14.7. The minimum Gasteiger partial charge on any atom is -0.455 e. The summed E-state index contributed by atoms with van der Waals surface area (Å²) in [6, 6.07) is 141. The van der Waals surface area contributed by atoms with Crippen LogP contribution in [0.1, 0.15) is 10.3 Å². The summed E-state index contributed by atoms with van der Waals surface area (Å²) >= 11 is 5.96. The van der Waals surface area contributed by atoms with Crippen LogP contribution in [0.15, 0.2) is 409 Å². The van der Waals surface area contributed by atoms with Crippen molar-refractivity contribution < 1.29 is 11.7 Å². The number of hydrogen-bond donors (Lipinski definition) is 1. The van der Waals surface area contributed by atoms with Crippen LogP contribution in [-0.2, 0) is 0 Å². The van der Waals surface area contributed by atoms with Gasteiger partial charge in [0.2, 0.25) is 0 Å². The van der Waals surface area contributed by atoms with Crippen molar-refractivity contribution in [3.63, 3.8) is 0 Å². The van der Waals surface area contributed by atoms with E-state index in [0.717, 1.165) is 107 Å². The van der Waals surface area contributed by atoms with E-state index in [1.807, 2.05) is 42.5 Å². The first-order valence-electron chi connectivity index (χ1n) is 36.2. The molecular weight excluding hydrogens is 1340 g/mol. The topological polar surface area (TPSA) is 41.6 Å². The van der Waals surface area contributed by atoms with E-state index in [1.54, 1.807) is 0 Å². The summed E-state index contributed by atoms with van der Waals surface area (Å²) in [6.07, 6.45) is 0. The van der Waals surface area contributed by atoms with Crippen molar-refractivity contribution in [2.24, 2.45) is 0 Å². The number of halogens is 1. The molecule has 0 saturated heterocycles. The van der Waals surface area contributed by atoms with Gasteiger partial charge in [0, 0.05) is 91.5 Å². The minimum absolute atomic E-state index is 0. The van der Waals surface area contributed by atoms with Crippen molar-refractivity contribution in [3.05, 3.63) is 405 Å². The zero-order valence-corrected chi connectivity index (χ0v) is 59.7. The zero-order valence-electron chi connectivity index (χ0n) is 59.0. The zero-order chi connectivity index (χ0) is 72.7. The molecule has 18 aromatic carbocycles. The lowest BCUT2D eigenvalue weighted by Crippen LogP contribution is -2.09. The van der Waals surface area contributed by atoms with Crippen LogP contribution in [0.3, 0.4) is 0 Å². The Hall–Kier alpha value is -13.3. The molecule has 0 amide bonds. The van der Waals surface area contributed by atoms with Crippen LogP contribution < -0.4 is 10.2 Å². The molecular formula is C101H75B3ClN2O2. The number of furan rings is 2. The van der Waals surface area contributed by atoms with Gasteiger partial charge in [0.25, 0.3) is 0 Å². The van der Waals surface area contributed by atoms with Crippen LogP contribution in [0.5, 0.6) is 0 Å². The van der Waals surface area contributed by atoms with Crippen LogP contribution >= 0.6 is 11.6 Å². The fourth-order valence-corrected chi connectivity index (χ4v) is 14.9. The highest BCUT2D eigenvalue weighted by Gasteiger charge is 2.18. The van der Waals surface area contributed by atoms with Gasteiger partial charge in [-0.25, -0.2) is 0 Å². The van der Waals surface area contributed by atoms with Crippen LogP contribution in [0.2, 0.25) is 5.02 Å². The van der Waals surface area contributed by atoms with Crippen molar-refractivity contribution in [2.45, 2.75) is 7.43 Å². The maximum atomic E-state index is 6.38. The maximum absolute atomic E-state index is 6.38. The summed E-state index contributed by atoms with van der Waals surface area (Å²) in [5, 5.41) is 19.1. The summed E-state index contributed by atoms with van der Waals surface area (Å²) in [5.41, 5.74) is 23.2. The number of fused-ring (bicyclic) bond motifs is 12. The predicted octanol–water partition coefficient (Wildman–Crippen LogP) is 29.3. The van der Waals surface area contributed by atoms with Gasteiger partial charge in [-0.05, 0) is 196 Å². The van der Waals surface area contributed by atoms with Crippen molar-refractivity contribution >= 4 is 150 Å². The fraction of sp³-hybridized carbons (Fsp3) is 0.00990. The molecule has 20 aromatic rings. The second-order valence-electron chi connectivity index (χ2n) is 26.7. The molecule has 0 atom stereocenters. The molecule has 5 radical (unpaired) electrons. The van der Waals surface area contributed by atoms with Crippen LogP contribution in [0, 0.1) is 0 Å². The number of hydrogen-bond acceptors (Lipinski definition) is 4. The monoisotopic (exact) mass is 1420 g/mol. The molecule has 4 nitrogen and oxygen atoms in total. The van der Waals surface area contributed by atoms with Crippen LogP contribution in [0.25, 0.3) is 154 Å². The Morgan fingerprint density at radius 1 is 0.257 bits per heavy atom. The summed E-state index contributed by atoms with van der Waals surface area (Å²) in [5.74, 6) is 0. The molecule has 1 N–H and O–H groups in total. The Kier molecular flexibility index (Phi) is 20.4. The second-order valence-corrected chi connectivity index (χ2v) is 27.1. The molecule has 20 rings (SSSR count). The predicted molar refractivity (Wildman–Crippen MR) is 474 cm³/mol. The van der Waals surface area contributed by atoms with Gasteiger partial charge >= 0.3 is 0 Å². The molecule has 0 bridgehead atoms. The molecule has 0 unspecified atom stereocenters. The van der Waals surface area contributed by atoms with Crippen molar-refractivity contribution in [3.8, 4) is 66.8 Å². The van der Waals surface area contributed by atoms with Gasteiger partial charge in [0.05, 0.1) is 0 Å². The summed E-state index contributed by atoms with van der Waals surface area (Å²) in [4.78, 5) is 2.33. The standard InChI is InChI=1S/C50H33NO.C30H21NO.C20H13Cl.CH4.B3.2H2/c1-2-9-34(10-3-1)35-19-26-41(27-20-35)51(43-30-23-38(24-31-43)46-14-8-15-48-47-13-6-7-16-49(47)52-50(46)48)42-28-21-36(22-29-42)39-25-32-45-40(33-39)18-17-37-11-4-5-12-44(37)45;1-2-7-21(8-3-1)22-13-17-24(18-14-22)31-25-19-15-23(16-20-25)26-10-6-11-28-27-9-4-5-12-29(27)32-30(26)28;21-18-10-7-14(8-11-18)16-9-12-20-17(13-16)6-5-15-3-1-2-4-19(15)20;;1-3-2;;/h1-33H;1-20,31H;1-13H;1H4;;2*1H. The lowest BCUT2D eigenvalue weighted by Gasteiger charge is -2.26. The number of para-hydroxylation sites is 4. The normalized spacial score (nSPS) is 11.0. The highest BCUT2D eigenvalue weighted by atomic mass is 35.5. The van der Waals surface area contributed by atoms with E-state index in [0.29, 0.717) is 0 Å². The molecule has 0 aliphatic carbocycles. The summed E-state index contributed by atoms with van der Waals surface area (Å²) in [7, 11) is 10.0. The van der Waals surface area contributed by atoms with Gasteiger partial charge in [-0.1, -0.05) is 322 Å². The second kappa shape index (κ2) is 31.8. The van der Waals surface area contributed by atoms with Gasteiger partial charge in [-0.2, -0.15) is 0 Å². The lowest BCUT2D eigenvalue weighted by molar-refractivity contribution is 0.669. The maximum Gasteiger partial charge on any atom is 0.143 e. The van der Waals surface area contributed by atoms with E-state index in [-0.39, 0.29) is 10.3 Å². The number of anilines is 5. The van der Waals surface area contributed by atoms with E-state index >= 15 is 0 Å². The highest BCUT2D eigenvalue weighted by Crippen LogP contribution is 2.42. The third kappa shape index (κ3) is 14.8. The molecule has 0 saturated carbocycles. The Bertz CT molecular complexity index is 6560. The Morgan fingerprint density at radius 3 is 0.972 bits per heavy atom. The first kappa shape index (κ1) is 70.0. The van der Waals surface area contributed by atoms with E-state index < -0.39 is 0 Å². The lowest BCUT2D eigenvalue weighted by atomic mass is 9.40. The van der Waals surface area contributed by atoms with Crippen LogP contribution in [-0.4, -0.2) is 22.5 Å². The van der Waals surface area contributed by atoms with E-state index in [1.165, 1.54) is 87.6 Å². The number of nitrogens with one attached hydrogen (secondary N) is 1.